The van der Waals surface area contributed by atoms with Crippen LogP contribution in [-0.2, 0) is 0 Å². The molecular weight excluding hydrogens is 232 g/mol. The average Bonchev–Trinajstić information content (AvgIpc) is 3.09. The second kappa shape index (κ2) is 4.73. The molecule has 18 heavy (non-hydrogen) atoms. The number of nitrogens with one attached hydrogen (secondary N) is 1. The summed E-state index contributed by atoms with van der Waals surface area (Å²) in [5.41, 5.74) is 0.823. The molecule has 6 nitrogen and oxygen atoms in total. The molecule has 3 heterocycles. The van der Waals surface area contributed by atoms with Gasteiger partial charge in [0.2, 0.25) is 17.6 Å². The Balaban J connectivity index is 1.82. The maximum atomic E-state index is 5.28. The molecule has 94 valence electrons. The number of hydrogen-bond donors (Lipinski definition) is 1. The molecular formula is C12H14N4O2. The Morgan fingerprint density at radius 3 is 3.06 bits per heavy atom. The minimum atomic E-state index is 0.192. The summed E-state index contributed by atoms with van der Waals surface area (Å²) in [5.74, 6) is 1.78. The van der Waals surface area contributed by atoms with Crippen LogP contribution in [0.5, 0.6) is 5.88 Å². The van der Waals surface area contributed by atoms with Gasteiger partial charge < -0.3 is 14.6 Å². The maximum absolute atomic E-state index is 5.28. The van der Waals surface area contributed by atoms with Crippen LogP contribution in [0.1, 0.15) is 24.8 Å². The van der Waals surface area contributed by atoms with Crippen LogP contribution in [0.15, 0.2) is 22.9 Å². The number of aromatic nitrogens is 3. The molecule has 0 amide bonds. The van der Waals surface area contributed by atoms with Crippen LogP contribution in [0.4, 0.5) is 0 Å². The predicted octanol–water partition coefficient (Wildman–Crippen LogP) is 1.56. The highest BCUT2D eigenvalue weighted by Crippen LogP contribution is 2.24. The molecule has 0 spiro atoms. The molecule has 1 atom stereocenters. The van der Waals surface area contributed by atoms with Crippen molar-refractivity contribution in [2.24, 2.45) is 0 Å². The first-order chi connectivity index (χ1) is 8.86. The van der Waals surface area contributed by atoms with E-state index in [1.54, 1.807) is 19.4 Å². The summed E-state index contributed by atoms with van der Waals surface area (Å²) in [6, 6.07) is 3.83. The third-order valence-electron chi connectivity index (χ3n) is 3.00. The molecule has 0 aromatic carbocycles. The quantitative estimate of drug-likeness (QED) is 0.886. The second-order valence-corrected chi connectivity index (χ2v) is 4.19. The van der Waals surface area contributed by atoms with Crippen molar-refractivity contribution in [3.05, 3.63) is 24.2 Å². The van der Waals surface area contributed by atoms with Crippen molar-refractivity contribution in [2.75, 3.05) is 13.7 Å². The Bertz CT molecular complexity index is 517. The molecule has 0 unspecified atom stereocenters. The predicted molar refractivity (Wildman–Crippen MR) is 64.1 cm³/mol. The molecule has 1 saturated heterocycles. The van der Waals surface area contributed by atoms with Gasteiger partial charge in [0.05, 0.1) is 13.2 Å². The number of ether oxygens (including phenoxy) is 1. The first-order valence-electron chi connectivity index (χ1n) is 5.94. The van der Waals surface area contributed by atoms with E-state index in [1.165, 1.54) is 0 Å². The molecule has 2 aromatic heterocycles. The lowest BCUT2D eigenvalue weighted by Gasteiger charge is -2.01. The van der Waals surface area contributed by atoms with E-state index in [4.69, 9.17) is 9.26 Å². The van der Waals surface area contributed by atoms with Crippen LogP contribution >= 0.6 is 0 Å². The molecule has 0 saturated carbocycles. The third-order valence-corrected chi connectivity index (χ3v) is 3.00. The number of methoxy groups -OCH3 is 1. The van der Waals surface area contributed by atoms with Crippen molar-refractivity contribution >= 4 is 0 Å². The van der Waals surface area contributed by atoms with Gasteiger partial charge in [0.1, 0.15) is 0 Å². The van der Waals surface area contributed by atoms with E-state index in [2.05, 4.69) is 20.4 Å². The summed E-state index contributed by atoms with van der Waals surface area (Å²) < 4.78 is 10.3. The summed E-state index contributed by atoms with van der Waals surface area (Å²) in [5, 5.41) is 7.30. The van der Waals surface area contributed by atoms with Crippen molar-refractivity contribution in [3.8, 4) is 17.3 Å². The second-order valence-electron chi connectivity index (χ2n) is 4.19. The Morgan fingerprint density at radius 1 is 1.44 bits per heavy atom. The molecule has 1 fully saturated rings. The van der Waals surface area contributed by atoms with E-state index in [0.29, 0.717) is 17.6 Å². The molecule has 1 N–H and O–H groups in total. The normalized spacial score (nSPS) is 19.1. The molecule has 0 radical (unpaired) electrons. The van der Waals surface area contributed by atoms with E-state index >= 15 is 0 Å². The average molecular weight is 246 g/mol. The van der Waals surface area contributed by atoms with E-state index < -0.39 is 0 Å². The summed E-state index contributed by atoms with van der Waals surface area (Å²) in [4.78, 5) is 8.52. The zero-order valence-corrected chi connectivity index (χ0v) is 10.1. The zero-order chi connectivity index (χ0) is 12.4. The summed E-state index contributed by atoms with van der Waals surface area (Å²) in [6.07, 6.45) is 3.87. The van der Waals surface area contributed by atoms with Gasteiger partial charge in [-0.1, -0.05) is 5.16 Å². The standard InChI is InChI=1S/C12H14N4O2/c1-17-10-5-4-8(7-14-10)11-15-12(18-16-11)9-3-2-6-13-9/h4-5,7,9,13H,2-3,6H2,1H3/t9-/m1/s1. The minimum absolute atomic E-state index is 0.192. The zero-order valence-electron chi connectivity index (χ0n) is 10.1. The molecule has 6 heteroatoms. The Kier molecular flexibility index (Phi) is 2.93. The molecule has 0 aliphatic carbocycles. The number of rotatable bonds is 3. The van der Waals surface area contributed by atoms with Gasteiger partial charge >= 0.3 is 0 Å². The van der Waals surface area contributed by atoms with Crippen molar-refractivity contribution in [1.29, 1.82) is 0 Å². The summed E-state index contributed by atoms with van der Waals surface area (Å²) in [7, 11) is 1.58. The lowest BCUT2D eigenvalue weighted by molar-refractivity contribution is 0.345. The van der Waals surface area contributed by atoms with Gasteiger partial charge in [0, 0.05) is 17.8 Å². The fraction of sp³-hybridized carbons (Fsp3) is 0.417. The molecule has 3 rings (SSSR count). The highest BCUT2D eigenvalue weighted by atomic mass is 16.5. The fourth-order valence-corrected chi connectivity index (χ4v) is 2.02. The van der Waals surface area contributed by atoms with E-state index in [-0.39, 0.29) is 6.04 Å². The number of hydrogen-bond acceptors (Lipinski definition) is 6. The lowest BCUT2D eigenvalue weighted by atomic mass is 10.2. The first kappa shape index (κ1) is 11.2. The third kappa shape index (κ3) is 2.06. The van der Waals surface area contributed by atoms with E-state index in [1.807, 2.05) is 6.07 Å². The Morgan fingerprint density at radius 2 is 2.39 bits per heavy atom. The van der Waals surface area contributed by atoms with Gasteiger partial charge in [0.25, 0.3) is 0 Å². The van der Waals surface area contributed by atoms with Gasteiger partial charge in [-0.2, -0.15) is 4.98 Å². The number of pyridine rings is 1. The van der Waals surface area contributed by atoms with Crippen molar-refractivity contribution in [2.45, 2.75) is 18.9 Å². The topological polar surface area (TPSA) is 73.1 Å². The van der Waals surface area contributed by atoms with E-state index in [0.717, 1.165) is 24.9 Å². The van der Waals surface area contributed by atoms with Crippen molar-refractivity contribution in [3.63, 3.8) is 0 Å². The summed E-state index contributed by atoms with van der Waals surface area (Å²) in [6.45, 7) is 1.01. The van der Waals surface area contributed by atoms with Crippen LogP contribution in [0.2, 0.25) is 0 Å². The SMILES string of the molecule is COc1ccc(-c2noc([C@H]3CCCN3)n2)cn1. The van der Waals surface area contributed by atoms with Gasteiger partial charge in [-0.3, -0.25) is 0 Å². The first-order valence-corrected chi connectivity index (χ1v) is 5.94. The van der Waals surface area contributed by atoms with Crippen LogP contribution < -0.4 is 10.1 Å². The van der Waals surface area contributed by atoms with Crippen LogP contribution in [0.3, 0.4) is 0 Å². The van der Waals surface area contributed by atoms with Gasteiger partial charge in [-0.15, -0.1) is 0 Å². The Labute approximate surface area is 104 Å². The summed E-state index contributed by atoms with van der Waals surface area (Å²) >= 11 is 0. The monoisotopic (exact) mass is 246 g/mol. The highest BCUT2D eigenvalue weighted by Gasteiger charge is 2.22. The van der Waals surface area contributed by atoms with E-state index in [9.17, 15) is 0 Å². The van der Waals surface area contributed by atoms with Crippen molar-refractivity contribution in [1.82, 2.24) is 20.4 Å². The van der Waals surface area contributed by atoms with Gasteiger partial charge in [0.15, 0.2) is 0 Å². The number of nitrogens with zero attached hydrogens (tertiary/aromatic N) is 3. The lowest BCUT2D eigenvalue weighted by Crippen LogP contribution is -2.12. The van der Waals surface area contributed by atoms with Gasteiger partial charge in [-0.05, 0) is 25.5 Å². The smallest absolute Gasteiger partial charge is 0.244 e. The molecule has 1 aliphatic heterocycles. The van der Waals surface area contributed by atoms with Crippen molar-refractivity contribution < 1.29 is 9.26 Å². The fourth-order valence-electron chi connectivity index (χ4n) is 2.02. The minimum Gasteiger partial charge on any atom is -0.481 e. The van der Waals surface area contributed by atoms with Crippen LogP contribution in [0, 0.1) is 0 Å². The Hall–Kier alpha value is -1.95. The van der Waals surface area contributed by atoms with Crippen LogP contribution in [-0.4, -0.2) is 28.8 Å². The maximum Gasteiger partial charge on any atom is 0.244 e. The highest BCUT2D eigenvalue weighted by molar-refractivity contribution is 5.53. The molecule has 2 aromatic rings. The largest absolute Gasteiger partial charge is 0.481 e. The van der Waals surface area contributed by atoms with Crippen LogP contribution in [0.25, 0.3) is 11.4 Å². The molecule has 0 bridgehead atoms. The van der Waals surface area contributed by atoms with Gasteiger partial charge in [-0.25, -0.2) is 4.98 Å². The molecule has 1 aliphatic rings.